The van der Waals surface area contributed by atoms with Gasteiger partial charge in [-0.25, -0.2) is 0 Å². The Kier molecular flexibility index (Phi) is 5.99. The predicted octanol–water partition coefficient (Wildman–Crippen LogP) is 0.221. The summed E-state index contributed by atoms with van der Waals surface area (Å²) in [6, 6.07) is 5.40. The number of phenols is 1. The normalized spacial score (nSPS) is 12.0. The molecule has 0 saturated heterocycles. The molecular formula is C14H21N3O3. The molecule has 2 amide bonds. The summed E-state index contributed by atoms with van der Waals surface area (Å²) >= 11 is 0. The summed E-state index contributed by atoms with van der Waals surface area (Å²) in [5, 5.41) is 14.4. The summed E-state index contributed by atoms with van der Waals surface area (Å²) in [6.45, 7) is 4.38. The molecule has 1 aromatic rings. The maximum absolute atomic E-state index is 11.7. The van der Waals surface area contributed by atoms with Gasteiger partial charge in [0.1, 0.15) is 5.75 Å². The third-order valence-corrected chi connectivity index (χ3v) is 2.86. The van der Waals surface area contributed by atoms with Gasteiger partial charge in [0.2, 0.25) is 5.91 Å². The number of amides is 2. The Hall–Kier alpha value is -2.08. The lowest BCUT2D eigenvalue weighted by Gasteiger charge is -2.15. The molecule has 0 radical (unpaired) electrons. The van der Waals surface area contributed by atoms with E-state index in [4.69, 9.17) is 10.8 Å². The lowest BCUT2D eigenvalue weighted by atomic mass is 10.1. The number of carbonyl (C=O) groups is 2. The Bertz CT molecular complexity index is 457. The molecule has 0 heterocycles. The molecule has 6 heteroatoms. The summed E-state index contributed by atoms with van der Waals surface area (Å²) in [5.41, 5.74) is 6.14. The zero-order valence-electron chi connectivity index (χ0n) is 11.7. The lowest BCUT2D eigenvalue weighted by Crippen LogP contribution is -2.46. The molecule has 0 fully saturated rings. The van der Waals surface area contributed by atoms with Gasteiger partial charge in [0.25, 0.3) is 5.91 Å². The number of carbonyl (C=O) groups excluding carboxylic acids is 2. The van der Waals surface area contributed by atoms with E-state index in [2.05, 4.69) is 10.6 Å². The second-order valence-corrected chi connectivity index (χ2v) is 4.86. The van der Waals surface area contributed by atoms with Crippen LogP contribution in [-0.2, 0) is 4.79 Å². The monoisotopic (exact) mass is 279 g/mol. The first-order valence-electron chi connectivity index (χ1n) is 6.52. The highest BCUT2D eigenvalue weighted by Crippen LogP contribution is 2.09. The summed E-state index contributed by atoms with van der Waals surface area (Å²) < 4.78 is 0. The summed E-state index contributed by atoms with van der Waals surface area (Å²) in [5.74, 6) is -0.302. The van der Waals surface area contributed by atoms with E-state index in [1.165, 1.54) is 24.3 Å². The predicted molar refractivity (Wildman–Crippen MR) is 76.3 cm³/mol. The quantitative estimate of drug-likeness (QED) is 0.559. The number of hydrogen-bond donors (Lipinski definition) is 4. The third-order valence-electron chi connectivity index (χ3n) is 2.86. The fourth-order valence-corrected chi connectivity index (χ4v) is 1.50. The molecule has 5 N–H and O–H groups in total. The molecule has 110 valence electrons. The first-order chi connectivity index (χ1) is 9.41. The number of rotatable bonds is 6. The van der Waals surface area contributed by atoms with E-state index in [1.807, 2.05) is 13.8 Å². The molecule has 0 spiro atoms. The van der Waals surface area contributed by atoms with Crippen molar-refractivity contribution in [2.24, 2.45) is 11.7 Å². The van der Waals surface area contributed by atoms with Crippen LogP contribution in [0.3, 0.4) is 0 Å². The molecule has 0 bridgehead atoms. The van der Waals surface area contributed by atoms with Crippen molar-refractivity contribution < 1.29 is 14.7 Å². The molecule has 6 nitrogen and oxygen atoms in total. The summed E-state index contributed by atoms with van der Waals surface area (Å²) in [7, 11) is 0. The van der Waals surface area contributed by atoms with Crippen molar-refractivity contribution in [2.45, 2.75) is 19.9 Å². The number of nitrogens with two attached hydrogens (primary N) is 1. The minimum Gasteiger partial charge on any atom is -0.508 e. The topological polar surface area (TPSA) is 104 Å². The van der Waals surface area contributed by atoms with E-state index < -0.39 is 6.04 Å². The molecule has 0 aliphatic carbocycles. The van der Waals surface area contributed by atoms with Crippen LogP contribution >= 0.6 is 0 Å². The first-order valence-corrected chi connectivity index (χ1v) is 6.52. The van der Waals surface area contributed by atoms with E-state index in [0.717, 1.165) is 0 Å². The van der Waals surface area contributed by atoms with Crippen LogP contribution in [0.25, 0.3) is 0 Å². The second-order valence-electron chi connectivity index (χ2n) is 4.86. The number of hydrogen-bond acceptors (Lipinski definition) is 4. The number of aromatic hydroxyl groups is 1. The molecule has 1 aromatic carbocycles. The van der Waals surface area contributed by atoms with Crippen LogP contribution < -0.4 is 16.4 Å². The van der Waals surface area contributed by atoms with Crippen molar-refractivity contribution in [3.63, 3.8) is 0 Å². The van der Waals surface area contributed by atoms with Gasteiger partial charge < -0.3 is 21.5 Å². The maximum Gasteiger partial charge on any atom is 0.251 e. The zero-order valence-corrected chi connectivity index (χ0v) is 11.7. The van der Waals surface area contributed by atoms with Crippen molar-refractivity contribution in [1.29, 1.82) is 0 Å². The molecule has 0 saturated carbocycles. The van der Waals surface area contributed by atoms with Gasteiger partial charge >= 0.3 is 0 Å². The molecule has 1 atom stereocenters. The highest BCUT2D eigenvalue weighted by Gasteiger charge is 2.16. The first kappa shape index (κ1) is 16.0. The standard InChI is InChI=1S/C14H21N3O3/c1-9(2)12(15)14(20)17-8-7-16-13(19)10-3-5-11(18)6-4-10/h3-6,9,12,18H,7-8,15H2,1-2H3,(H,16,19)(H,17,20)/t12-/m0/s1. The Morgan fingerprint density at radius 1 is 1.15 bits per heavy atom. The number of benzene rings is 1. The summed E-state index contributed by atoms with van der Waals surface area (Å²) in [6.07, 6.45) is 0. The maximum atomic E-state index is 11.7. The summed E-state index contributed by atoms with van der Waals surface area (Å²) in [4.78, 5) is 23.3. The Morgan fingerprint density at radius 2 is 1.70 bits per heavy atom. The van der Waals surface area contributed by atoms with Crippen LogP contribution in [0.1, 0.15) is 24.2 Å². The van der Waals surface area contributed by atoms with E-state index in [-0.39, 0.29) is 23.5 Å². The van der Waals surface area contributed by atoms with E-state index in [1.54, 1.807) is 0 Å². The highest BCUT2D eigenvalue weighted by atomic mass is 16.3. The minimum atomic E-state index is -0.539. The fourth-order valence-electron chi connectivity index (χ4n) is 1.50. The Labute approximate surface area is 118 Å². The molecule has 0 unspecified atom stereocenters. The van der Waals surface area contributed by atoms with E-state index in [9.17, 15) is 9.59 Å². The van der Waals surface area contributed by atoms with Gasteiger partial charge in [-0.2, -0.15) is 0 Å². The number of phenolic OH excluding ortho intramolecular Hbond substituents is 1. The van der Waals surface area contributed by atoms with Gasteiger partial charge in [-0.15, -0.1) is 0 Å². The van der Waals surface area contributed by atoms with Gasteiger partial charge in [0.05, 0.1) is 6.04 Å². The molecule has 20 heavy (non-hydrogen) atoms. The second kappa shape index (κ2) is 7.49. The van der Waals surface area contributed by atoms with Crippen molar-refractivity contribution in [1.82, 2.24) is 10.6 Å². The highest BCUT2D eigenvalue weighted by molar-refractivity contribution is 5.94. The van der Waals surface area contributed by atoms with E-state index >= 15 is 0 Å². The molecule has 0 aliphatic heterocycles. The van der Waals surface area contributed by atoms with Gasteiger partial charge in [0, 0.05) is 18.7 Å². The van der Waals surface area contributed by atoms with E-state index in [0.29, 0.717) is 18.7 Å². The zero-order chi connectivity index (χ0) is 15.1. The SMILES string of the molecule is CC(C)[C@H](N)C(=O)NCCNC(=O)c1ccc(O)cc1. The Balaban J connectivity index is 2.29. The van der Waals surface area contributed by atoms with Crippen LogP contribution in [0, 0.1) is 5.92 Å². The third kappa shape index (κ3) is 4.89. The van der Waals surface area contributed by atoms with Crippen molar-refractivity contribution in [3.8, 4) is 5.75 Å². The molecule has 1 rings (SSSR count). The van der Waals surface area contributed by atoms with Crippen molar-refractivity contribution in [2.75, 3.05) is 13.1 Å². The largest absolute Gasteiger partial charge is 0.508 e. The van der Waals surface area contributed by atoms with Crippen LogP contribution in [-0.4, -0.2) is 36.1 Å². The Morgan fingerprint density at radius 3 is 2.25 bits per heavy atom. The average Bonchev–Trinajstić information content (AvgIpc) is 2.42. The fraction of sp³-hybridized carbons (Fsp3) is 0.429. The van der Waals surface area contributed by atoms with Gasteiger partial charge in [0.15, 0.2) is 0 Å². The molecular weight excluding hydrogens is 258 g/mol. The van der Waals surface area contributed by atoms with Crippen LogP contribution in [0.5, 0.6) is 5.75 Å². The lowest BCUT2D eigenvalue weighted by molar-refractivity contribution is -0.123. The molecule has 0 aliphatic rings. The van der Waals surface area contributed by atoms with Gasteiger partial charge in [-0.1, -0.05) is 13.8 Å². The average molecular weight is 279 g/mol. The van der Waals surface area contributed by atoms with Crippen molar-refractivity contribution in [3.05, 3.63) is 29.8 Å². The number of nitrogens with one attached hydrogen (secondary N) is 2. The van der Waals surface area contributed by atoms with Gasteiger partial charge in [-0.3, -0.25) is 9.59 Å². The van der Waals surface area contributed by atoms with Gasteiger partial charge in [-0.05, 0) is 30.2 Å². The minimum absolute atomic E-state index is 0.0709. The van der Waals surface area contributed by atoms with Crippen LogP contribution in [0.15, 0.2) is 24.3 Å². The molecule has 0 aromatic heterocycles. The van der Waals surface area contributed by atoms with Crippen molar-refractivity contribution >= 4 is 11.8 Å². The smallest absolute Gasteiger partial charge is 0.251 e. The van der Waals surface area contributed by atoms with Crippen LogP contribution in [0.2, 0.25) is 0 Å². The van der Waals surface area contributed by atoms with Crippen LogP contribution in [0.4, 0.5) is 0 Å².